The predicted molar refractivity (Wildman–Crippen MR) is 129 cm³/mol. The van der Waals surface area contributed by atoms with Crippen LogP contribution in [0.25, 0.3) is 6.08 Å². The zero-order valence-electron chi connectivity index (χ0n) is 18.4. The van der Waals surface area contributed by atoms with Crippen LogP contribution >= 0.6 is 23.4 Å². The van der Waals surface area contributed by atoms with Crippen molar-refractivity contribution in [3.8, 4) is 11.5 Å². The van der Waals surface area contributed by atoms with Gasteiger partial charge >= 0.3 is 0 Å². The minimum absolute atomic E-state index is 0.0265. The van der Waals surface area contributed by atoms with Gasteiger partial charge in [0.05, 0.1) is 12.0 Å². The fourth-order valence-electron chi connectivity index (χ4n) is 3.04. The van der Waals surface area contributed by atoms with Gasteiger partial charge < -0.3 is 9.47 Å². The van der Waals surface area contributed by atoms with Gasteiger partial charge in [-0.3, -0.25) is 14.7 Å². The lowest BCUT2D eigenvalue weighted by Crippen LogP contribution is -2.35. The van der Waals surface area contributed by atoms with Crippen LogP contribution in [-0.2, 0) is 11.4 Å². The van der Waals surface area contributed by atoms with E-state index in [2.05, 4.69) is 4.99 Å². The average molecular weight is 459 g/mol. The number of methoxy groups -OCH3 is 1. The maximum atomic E-state index is 12.9. The molecule has 31 heavy (non-hydrogen) atoms. The van der Waals surface area contributed by atoms with Crippen LogP contribution in [-0.4, -0.2) is 35.2 Å². The zero-order chi connectivity index (χ0) is 22.5. The van der Waals surface area contributed by atoms with Gasteiger partial charge in [0, 0.05) is 17.1 Å². The Hall–Kier alpha value is -2.44. The van der Waals surface area contributed by atoms with Crippen molar-refractivity contribution in [1.29, 1.82) is 0 Å². The van der Waals surface area contributed by atoms with Crippen molar-refractivity contribution in [2.24, 2.45) is 4.99 Å². The van der Waals surface area contributed by atoms with E-state index >= 15 is 0 Å². The number of benzene rings is 2. The number of aliphatic imine (C=N–C) groups is 1. The SMILES string of the molecule is COc1cc(/C=C2/SC(=NC(C)C)N(C(C)C)C2=O)ccc1OCc1ccc(Cl)cc1. The molecule has 0 atom stereocenters. The van der Waals surface area contributed by atoms with Crippen LogP contribution in [0.2, 0.25) is 5.02 Å². The van der Waals surface area contributed by atoms with Gasteiger partial charge in [0.1, 0.15) is 6.61 Å². The molecule has 1 fully saturated rings. The molecule has 5 nitrogen and oxygen atoms in total. The van der Waals surface area contributed by atoms with Gasteiger partial charge in [-0.1, -0.05) is 29.8 Å². The molecule has 2 aromatic carbocycles. The van der Waals surface area contributed by atoms with E-state index in [0.717, 1.165) is 16.3 Å². The van der Waals surface area contributed by atoms with Gasteiger partial charge in [-0.25, -0.2) is 0 Å². The number of thioether (sulfide) groups is 1. The Balaban J connectivity index is 1.81. The third-order valence-electron chi connectivity index (χ3n) is 4.51. The summed E-state index contributed by atoms with van der Waals surface area (Å²) < 4.78 is 11.4. The quantitative estimate of drug-likeness (QED) is 0.476. The number of nitrogens with zero attached hydrogens (tertiary/aromatic N) is 2. The fraction of sp³-hybridized carbons (Fsp3) is 0.333. The van der Waals surface area contributed by atoms with Crippen LogP contribution in [0.5, 0.6) is 11.5 Å². The van der Waals surface area contributed by atoms with E-state index in [1.165, 1.54) is 11.8 Å². The molecule has 0 N–H and O–H groups in total. The molecule has 0 unspecified atom stereocenters. The highest BCUT2D eigenvalue weighted by Gasteiger charge is 2.35. The molecular weight excluding hydrogens is 432 g/mol. The normalized spacial score (nSPS) is 16.8. The molecule has 0 radical (unpaired) electrons. The standard InChI is InChI=1S/C24H27ClN2O3S/c1-15(2)26-24-27(16(3)4)23(28)22(31-24)13-18-8-11-20(21(12-18)29-5)30-14-17-6-9-19(25)10-7-17/h6-13,15-16H,14H2,1-5H3/b22-13+,26-24?. The molecule has 1 amide bonds. The summed E-state index contributed by atoms with van der Waals surface area (Å²) in [4.78, 5) is 19.9. The van der Waals surface area contributed by atoms with Crippen molar-refractivity contribution in [1.82, 2.24) is 4.90 Å². The molecule has 1 aliphatic heterocycles. The Morgan fingerprint density at radius 1 is 1.10 bits per heavy atom. The minimum Gasteiger partial charge on any atom is -0.493 e. The second-order valence-corrected chi connectivity index (χ2v) is 9.16. The van der Waals surface area contributed by atoms with Crippen LogP contribution in [0.4, 0.5) is 0 Å². The molecule has 1 saturated heterocycles. The van der Waals surface area contributed by atoms with Gasteiger partial charge in [0.25, 0.3) is 5.91 Å². The summed E-state index contributed by atoms with van der Waals surface area (Å²) in [6.07, 6.45) is 1.87. The van der Waals surface area contributed by atoms with E-state index in [1.54, 1.807) is 12.0 Å². The van der Waals surface area contributed by atoms with E-state index in [9.17, 15) is 4.79 Å². The lowest BCUT2D eigenvalue weighted by Gasteiger charge is -2.20. The molecule has 1 aliphatic rings. The number of ether oxygens (including phenoxy) is 2. The van der Waals surface area contributed by atoms with Gasteiger partial charge in [0.2, 0.25) is 0 Å². The summed E-state index contributed by atoms with van der Waals surface area (Å²) in [7, 11) is 1.60. The molecule has 0 bridgehead atoms. The highest BCUT2D eigenvalue weighted by molar-refractivity contribution is 8.18. The Labute approximate surface area is 193 Å². The molecule has 164 valence electrons. The number of carbonyl (C=O) groups is 1. The van der Waals surface area contributed by atoms with Crippen molar-refractivity contribution in [3.05, 3.63) is 63.5 Å². The fourth-order valence-corrected chi connectivity index (χ4v) is 4.40. The maximum Gasteiger partial charge on any atom is 0.266 e. The monoisotopic (exact) mass is 458 g/mol. The third-order valence-corrected chi connectivity index (χ3v) is 5.76. The zero-order valence-corrected chi connectivity index (χ0v) is 20.0. The number of carbonyl (C=O) groups excluding carboxylic acids is 1. The van der Waals surface area contributed by atoms with Crippen LogP contribution in [0.1, 0.15) is 38.8 Å². The number of amides is 1. The van der Waals surface area contributed by atoms with Crippen molar-refractivity contribution < 1.29 is 14.3 Å². The lowest BCUT2D eigenvalue weighted by atomic mass is 10.1. The average Bonchev–Trinajstić information content (AvgIpc) is 3.02. The summed E-state index contributed by atoms with van der Waals surface area (Å²) in [6.45, 7) is 8.40. The van der Waals surface area contributed by atoms with E-state index in [1.807, 2.05) is 76.2 Å². The van der Waals surface area contributed by atoms with Gasteiger partial charge in [0.15, 0.2) is 16.7 Å². The largest absolute Gasteiger partial charge is 0.493 e. The summed E-state index contributed by atoms with van der Waals surface area (Å²) in [6, 6.07) is 13.3. The van der Waals surface area contributed by atoms with Crippen LogP contribution in [0.15, 0.2) is 52.4 Å². The smallest absolute Gasteiger partial charge is 0.266 e. The molecule has 7 heteroatoms. The predicted octanol–water partition coefficient (Wildman–Crippen LogP) is 6.02. The van der Waals surface area contributed by atoms with Crippen molar-refractivity contribution in [2.75, 3.05) is 7.11 Å². The molecule has 0 spiro atoms. The Bertz CT molecular complexity index is 1000. The van der Waals surface area contributed by atoms with E-state index in [-0.39, 0.29) is 18.0 Å². The van der Waals surface area contributed by atoms with Crippen LogP contribution in [0, 0.1) is 0 Å². The molecule has 3 rings (SSSR count). The van der Waals surface area contributed by atoms with E-state index in [4.69, 9.17) is 21.1 Å². The van der Waals surface area contributed by atoms with Crippen LogP contribution < -0.4 is 9.47 Å². The van der Waals surface area contributed by atoms with E-state index in [0.29, 0.717) is 28.0 Å². The number of amidine groups is 1. The molecule has 1 heterocycles. The van der Waals surface area contributed by atoms with Gasteiger partial charge in [-0.2, -0.15) is 0 Å². The second kappa shape index (κ2) is 10.2. The number of halogens is 1. The second-order valence-electron chi connectivity index (χ2n) is 7.71. The number of hydrogen-bond acceptors (Lipinski definition) is 5. The van der Waals surface area contributed by atoms with Crippen molar-refractivity contribution in [3.63, 3.8) is 0 Å². The first kappa shape index (κ1) is 23.2. The summed E-state index contributed by atoms with van der Waals surface area (Å²) >= 11 is 7.34. The van der Waals surface area contributed by atoms with Crippen molar-refractivity contribution >= 4 is 40.5 Å². The number of rotatable bonds is 7. The van der Waals surface area contributed by atoms with Gasteiger partial charge in [-0.15, -0.1) is 0 Å². The van der Waals surface area contributed by atoms with Crippen molar-refractivity contribution in [2.45, 2.75) is 46.4 Å². The first-order chi connectivity index (χ1) is 14.8. The van der Waals surface area contributed by atoms with Crippen LogP contribution in [0.3, 0.4) is 0 Å². The molecule has 0 aliphatic carbocycles. The van der Waals surface area contributed by atoms with E-state index < -0.39 is 0 Å². The summed E-state index contributed by atoms with van der Waals surface area (Å²) in [5.41, 5.74) is 1.87. The highest BCUT2D eigenvalue weighted by Crippen LogP contribution is 2.36. The van der Waals surface area contributed by atoms with Gasteiger partial charge in [-0.05, 0) is 80.9 Å². The first-order valence-corrected chi connectivity index (χ1v) is 11.3. The Kier molecular flexibility index (Phi) is 7.68. The molecular formula is C24H27ClN2O3S. The molecule has 2 aromatic rings. The third kappa shape index (κ3) is 5.83. The Morgan fingerprint density at radius 3 is 2.42 bits per heavy atom. The highest BCUT2D eigenvalue weighted by atomic mass is 35.5. The summed E-state index contributed by atoms with van der Waals surface area (Å²) in [5.74, 6) is 1.22. The first-order valence-electron chi connectivity index (χ1n) is 10.1. The maximum absolute atomic E-state index is 12.9. The molecule has 0 saturated carbocycles. The Morgan fingerprint density at radius 2 is 1.81 bits per heavy atom. The lowest BCUT2D eigenvalue weighted by molar-refractivity contribution is -0.123. The topological polar surface area (TPSA) is 51.1 Å². The minimum atomic E-state index is -0.0265. The summed E-state index contributed by atoms with van der Waals surface area (Å²) in [5, 5.41) is 1.44. The molecule has 0 aromatic heterocycles. The number of hydrogen-bond donors (Lipinski definition) is 0.